The van der Waals surface area contributed by atoms with E-state index in [2.05, 4.69) is 32.5 Å². The van der Waals surface area contributed by atoms with Crippen molar-refractivity contribution in [1.82, 2.24) is 10.6 Å². The Balaban J connectivity index is 0.00000242. The van der Waals surface area contributed by atoms with Crippen molar-refractivity contribution < 1.29 is 4.39 Å². The van der Waals surface area contributed by atoms with Crippen molar-refractivity contribution in [2.75, 3.05) is 13.6 Å². The summed E-state index contributed by atoms with van der Waals surface area (Å²) < 4.78 is 13.0. The van der Waals surface area contributed by atoms with Crippen molar-refractivity contribution in [3.63, 3.8) is 0 Å². The van der Waals surface area contributed by atoms with Crippen LogP contribution in [0.1, 0.15) is 16.7 Å². The van der Waals surface area contributed by atoms with Gasteiger partial charge in [-0.15, -0.1) is 24.0 Å². The topological polar surface area (TPSA) is 36.4 Å². The van der Waals surface area contributed by atoms with Gasteiger partial charge in [-0.3, -0.25) is 4.99 Å². The van der Waals surface area contributed by atoms with E-state index < -0.39 is 0 Å². The van der Waals surface area contributed by atoms with Crippen LogP contribution in [0.25, 0.3) is 0 Å². The summed E-state index contributed by atoms with van der Waals surface area (Å²) in [6, 6.07) is 7.01. The van der Waals surface area contributed by atoms with Crippen molar-refractivity contribution in [3.05, 3.63) is 57.5 Å². The van der Waals surface area contributed by atoms with Gasteiger partial charge in [0.2, 0.25) is 0 Å². The lowest BCUT2D eigenvalue weighted by Gasteiger charge is -2.12. The van der Waals surface area contributed by atoms with Crippen LogP contribution in [0.15, 0.2) is 40.0 Å². The molecule has 3 nitrogen and oxygen atoms in total. The summed E-state index contributed by atoms with van der Waals surface area (Å²) >= 11 is 1.69. The SMILES string of the molecule is CN=C(NCCc1ccc(F)cc1C)NCc1ccsc1.I. The normalized spacial score (nSPS) is 11.0. The highest BCUT2D eigenvalue weighted by molar-refractivity contribution is 14.0. The lowest BCUT2D eigenvalue weighted by Crippen LogP contribution is -2.37. The van der Waals surface area contributed by atoms with Crippen LogP contribution in [0.5, 0.6) is 0 Å². The van der Waals surface area contributed by atoms with Crippen LogP contribution in [-0.2, 0) is 13.0 Å². The molecule has 1 aromatic heterocycles. The molecule has 0 bridgehead atoms. The van der Waals surface area contributed by atoms with Crippen LogP contribution in [0.3, 0.4) is 0 Å². The predicted octanol–water partition coefficient (Wildman–Crippen LogP) is 3.72. The number of guanidine groups is 1. The minimum Gasteiger partial charge on any atom is -0.356 e. The van der Waals surface area contributed by atoms with Crippen molar-refractivity contribution >= 4 is 41.3 Å². The molecule has 0 fully saturated rings. The number of aryl methyl sites for hydroxylation is 1. The average Bonchev–Trinajstić information content (AvgIpc) is 2.98. The third-order valence-electron chi connectivity index (χ3n) is 3.26. The number of nitrogens with zero attached hydrogens (tertiary/aromatic N) is 1. The maximum absolute atomic E-state index is 13.0. The number of halogens is 2. The van der Waals surface area contributed by atoms with Crippen molar-refractivity contribution in [1.29, 1.82) is 0 Å². The summed E-state index contributed by atoms with van der Waals surface area (Å²) in [6.45, 7) is 3.45. The molecule has 2 rings (SSSR count). The molecule has 0 aliphatic heterocycles. The third kappa shape index (κ3) is 5.92. The molecule has 1 heterocycles. The molecule has 6 heteroatoms. The zero-order valence-electron chi connectivity index (χ0n) is 12.7. The van der Waals surface area contributed by atoms with Gasteiger partial charge in [0.1, 0.15) is 5.82 Å². The lowest BCUT2D eigenvalue weighted by molar-refractivity contribution is 0.625. The summed E-state index contributed by atoms with van der Waals surface area (Å²) in [7, 11) is 1.76. The standard InChI is InChI=1S/C16H20FN3S.HI/c1-12-9-15(17)4-3-14(12)5-7-19-16(18-2)20-10-13-6-8-21-11-13;/h3-4,6,8-9,11H,5,7,10H2,1-2H3,(H2,18,19,20);1H. The largest absolute Gasteiger partial charge is 0.356 e. The van der Waals surface area contributed by atoms with E-state index in [1.807, 2.05) is 13.0 Å². The Morgan fingerprint density at radius 3 is 2.73 bits per heavy atom. The van der Waals surface area contributed by atoms with Crippen LogP contribution in [-0.4, -0.2) is 19.6 Å². The van der Waals surface area contributed by atoms with Gasteiger partial charge in [-0.2, -0.15) is 11.3 Å². The van der Waals surface area contributed by atoms with E-state index in [9.17, 15) is 4.39 Å². The Bertz CT molecular complexity index is 599. The van der Waals surface area contributed by atoms with Gasteiger partial charge >= 0.3 is 0 Å². The molecule has 0 unspecified atom stereocenters. The first-order valence-corrected chi connectivity index (χ1v) is 7.84. The number of hydrogen-bond acceptors (Lipinski definition) is 2. The monoisotopic (exact) mass is 433 g/mol. The van der Waals surface area contributed by atoms with Crippen LogP contribution >= 0.6 is 35.3 Å². The Labute approximate surface area is 152 Å². The molecule has 0 radical (unpaired) electrons. The fourth-order valence-corrected chi connectivity index (χ4v) is 2.72. The number of thiophene rings is 1. The Hall–Kier alpha value is -1.15. The minimum absolute atomic E-state index is 0. The fraction of sp³-hybridized carbons (Fsp3) is 0.312. The van der Waals surface area contributed by atoms with Gasteiger partial charge in [0.15, 0.2) is 5.96 Å². The number of rotatable bonds is 5. The molecule has 2 aromatic rings. The summed E-state index contributed by atoms with van der Waals surface area (Å²) in [4.78, 5) is 4.19. The second-order valence-corrected chi connectivity index (χ2v) is 5.58. The summed E-state index contributed by atoms with van der Waals surface area (Å²) in [5.41, 5.74) is 3.38. The Morgan fingerprint density at radius 2 is 2.09 bits per heavy atom. The third-order valence-corrected chi connectivity index (χ3v) is 3.99. The predicted molar refractivity (Wildman–Crippen MR) is 103 cm³/mol. The molecule has 120 valence electrons. The molecule has 0 atom stereocenters. The van der Waals surface area contributed by atoms with Gasteiger partial charge in [0.05, 0.1) is 0 Å². The summed E-state index contributed by atoms with van der Waals surface area (Å²) in [6.07, 6.45) is 0.839. The van der Waals surface area contributed by atoms with E-state index >= 15 is 0 Å². The van der Waals surface area contributed by atoms with Crippen LogP contribution in [0.4, 0.5) is 4.39 Å². The first-order chi connectivity index (χ1) is 10.2. The van der Waals surface area contributed by atoms with Gasteiger partial charge in [0, 0.05) is 20.1 Å². The highest BCUT2D eigenvalue weighted by Gasteiger charge is 2.02. The van der Waals surface area contributed by atoms with Gasteiger partial charge in [0.25, 0.3) is 0 Å². The van der Waals surface area contributed by atoms with E-state index in [1.54, 1.807) is 24.5 Å². The van der Waals surface area contributed by atoms with E-state index in [0.29, 0.717) is 0 Å². The maximum Gasteiger partial charge on any atom is 0.191 e. The zero-order chi connectivity index (χ0) is 15.1. The number of hydrogen-bond donors (Lipinski definition) is 2. The molecular weight excluding hydrogens is 412 g/mol. The van der Waals surface area contributed by atoms with Gasteiger partial charge < -0.3 is 10.6 Å². The molecule has 0 spiro atoms. The van der Waals surface area contributed by atoms with Crippen LogP contribution in [0, 0.1) is 12.7 Å². The molecule has 0 aliphatic rings. The summed E-state index contributed by atoms with van der Waals surface area (Å²) in [5.74, 6) is 0.596. The van der Waals surface area contributed by atoms with Crippen molar-refractivity contribution in [2.24, 2.45) is 4.99 Å². The number of nitrogens with one attached hydrogen (secondary N) is 2. The highest BCUT2D eigenvalue weighted by Crippen LogP contribution is 2.10. The van der Waals surface area contributed by atoms with E-state index in [4.69, 9.17) is 0 Å². The Kier molecular flexibility index (Phi) is 8.40. The average molecular weight is 433 g/mol. The molecule has 1 aromatic carbocycles. The molecule has 0 amide bonds. The van der Waals surface area contributed by atoms with Gasteiger partial charge in [-0.25, -0.2) is 4.39 Å². The molecule has 2 N–H and O–H groups in total. The second-order valence-electron chi connectivity index (χ2n) is 4.80. The van der Waals surface area contributed by atoms with Crippen molar-refractivity contribution in [2.45, 2.75) is 19.9 Å². The van der Waals surface area contributed by atoms with E-state index in [1.165, 1.54) is 11.6 Å². The van der Waals surface area contributed by atoms with Gasteiger partial charge in [-0.05, 0) is 59.0 Å². The first-order valence-electron chi connectivity index (χ1n) is 6.89. The fourth-order valence-electron chi connectivity index (χ4n) is 2.05. The second kappa shape index (κ2) is 9.78. The quantitative estimate of drug-likeness (QED) is 0.429. The molecule has 0 saturated carbocycles. The van der Waals surface area contributed by atoms with E-state index in [0.717, 1.165) is 36.6 Å². The van der Waals surface area contributed by atoms with E-state index in [-0.39, 0.29) is 29.8 Å². The molecule has 22 heavy (non-hydrogen) atoms. The molecular formula is C16H21FIN3S. The lowest BCUT2D eigenvalue weighted by atomic mass is 10.1. The zero-order valence-corrected chi connectivity index (χ0v) is 15.9. The Morgan fingerprint density at radius 1 is 1.27 bits per heavy atom. The molecule has 0 aliphatic carbocycles. The number of aliphatic imine (C=N–C) groups is 1. The number of benzene rings is 1. The maximum atomic E-state index is 13.0. The first kappa shape index (κ1) is 18.9. The van der Waals surface area contributed by atoms with Crippen molar-refractivity contribution in [3.8, 4) is 0 Å². The van der Waals surface area contributed by atoms with Gasteiger partial charge in [-0.1, -0.05) is 6.07 Å². The molecule has 0 saturated heterocycles. The highest BCUT2D eigenvalue weighted by atomic mass is 127. The van der Waals surface area contributed by atoms with Crippen LogP contribution < -0.4 is 10.6 Å². The smallest absolute Gasteiger partial charge is 0.191 e. The van der Waals surface area contributed by atoms with Crippen LogP contribution in [0.2, 0.25) is 0 Å². The summed E-state index contributed by atoms with van der Waals surface area (Å²) in [5, 5.41) is 10.7. The minimum atomic E-state index is -0.183.